The van der Waals surface area contributed by atoms with E-state index in [1.807, 2.05) is 29.2 Å². The first-order valence-corrected chi connectivity index (χ1v) is 9.88. The molecule has 0 spiro atoms. The minimum atomic E-state index is 0.0742. The van der Waals surface area contributed by atoms with Crippen molar-refractivity contribution in [2.45, 2.75) is 40.5 Å². The molecule has 2 rings (SSSR count). The van der Waals surface area contributed by atoms with Crippen LogP contribution in [0, 0.1) is 5.92 Å². The fourth-order valence-corrected chi connectivity index (χ4v) is 3.41. The third-order valence-corrected chi connectivity index (χ3v) is 4.95. The van der Waals surface area contributed by atoms with Crippen molar-refractivity contribution in [3.05, 3.63) is 29.8 Å². The highest BCUT2D eigenvalue weighted by Crippen LogP contribution is 2.22. The summed E-state index contributed by atoms with van der Waals surface area (Å²) in [7, 11) is 0. The van der Waals surface area contributed by atoms with Gasteiger partial charge >= 0.3 is 0 Å². The summed E-state index contributed by atoms with van der Waals surface area (Å²) in [6, 6.07) is 7.50. The third kappa shape index (κ3) is 5.31. The molecule has 1 aliphatic rings. The zero-order valence-corrected chi connectivity index (χ0v) is 16.7. The van der Waals surface area contributed by atoms with Crippen molar-refractivity contribution < 1.29 is 9.59 Å². The lowest BCUT2D eigenvalue weighted by Crippen LogP contribution is -2.40. The van der Waals surface area contributed by atoms with Crippen LogP contribution < -0.4 is 4.90 Å². The van der Waals surface area contributed by atoms with Gasteiger partial charge < -0.3 is 14.7 Å². The Bertz CT molecular complexity index is 594. The SMILES string of the molecule is CCN(CC)CCN(CC(C)C)C(=O)c1ccc(N2CCCC2=O)cc1. The molecule has 1 heterocycles. The number of benzene rings is 1. The zero-order valence-electron chi connectivity index (χ0n) is 16.7. The van der Waals surface area contributed by atoms with Gasteiger partial charge in [-0.05, 0) is 49.7 Å². The Morgan fingerprint density at radius 2 is 1.77 bits per heavy atom. The summed E-state index contributed by atoms with van der Waals surface area (Å²) in [4.78, 5) is 31.0. The molecule has 1 aromatic carbocycles. The summed E-state index contributed by atoms with van der Waals surface area (Å²) in [6.45, 7) is 13.7. The molecule has 5 heteroatoms. The van der Waals surface area contributed by atoms with E-state index in [0.29, 0.717) is 17.9 Å². The molecule has 0 unspecified atom stereocenters. The van der Waals surface area contributed by atoms with E-state index in [1.165, 1.54) is 0 Å². The lowest BCUT2D eigenvalue weighted by atomic mass is 10.1. The quantitative estimate of drug-likeness (QED) is 0.680. The first-order chi connectivity index (χ1) is 12.5. The Kier molecular flexibility index (Phi) is 7.64. The second-order valence-corrected chi connectivity index (χ2v) is 7.37. The number of rotatable bonds is 9. The van der Waals surface area contributed by atoms with Crippen LogP contribution in [0.15, 0.2) is 24.3 Å². The van der Waals surface area contributed by atoms with Crippen LogP contribution in [0.2, 0.25) is 0 Å². The van der Waals surface area contributed by atoms with Gasteiger partial charge in [-0.15, -0.1) is 0 Å². The molecule has 144 valence electrons. The van der Waals surface area contributed by atoms with Crippen molar-refractivity contribution in [2.75, 3.05) is 44.2 Å². The molecule has 0 N–H and O–H groups in total. The van der Waals surface area contributed by atoms with Crippen molar-refractivity contribution in [2.24, 2.45) is 5.92 Å². The molecule has 0 aliphatic carbocycles. The number of carbonyl (C=O) groups excluding carboxylic acids is 2. The monoisotopic (exact) mass is 359 g/mol. The molecule has 0 atom stereocenters. The average molecular weight is 360 g/mol. The Morgan fingerprint density at radius 1 is 1.12 bits per heavy atom. The molecule has 1 fully saturated rings. The minimum absolute atomic E-state index is 0.0742. The van der Waals surface area contributed by atoms with Gasteiger partial charge in [0.15, 0.2) is 0 Å². The molecule has 1 aromatic rings. The number of anilines is 1. The van der Waals surface area contributed by atoms with Gasteiger partial charge in [0.1, 0.15) is 0 Å². The van der Waals surface area contributed by atoms with Gasteiger partial charge in [-0.25, -0.2) is 0 Å². The predicted molar refractivity (Wildman–Crippen MR) is 107 cm³/mol. The van der Waals surface area contributed by atoms with Gasteiger partial charge in [-0.1, -0.05) is 27.7 Å². The summed E-state index contributed by atoms with van der Waals surface area (Å²) in [5, 5.41) is 0. The molecule has 1 aliphatic heterocycles. The first kappa shape index (κ1) is 20.4. The van der Waals surface area contributed by atoms with Crippen LogP contribution in [0.3, 0.4) is 0 Å². The van der Waals surface area contributed by atoms with Crippen molar-refractivity contribution in [1.82, 2.24) is 9.80 Å². The largest absolute Gasteiger partial charge is 0.337 e. The Morgan fingerprint density at radius 3 is 2.27 bits per heavy atom. The van der Waals surface area contributed by atoms with Crippen LogP contribution in [0.5, 0.6) is 0 Å². The Hall–Kier alpha value is -1.88. The molecule has 26 heavy (non-hydrogen) atoms. The number of nitrogens with zero attached hydrogens (tertiary/aromatic N) is 3. The number of carbonyl (C=O) groups is 2. The number of likely N-dealkylation sites (N-methyl/N-ethyl adjacent to an activating group) is 1. The molecule has 0 bridgehead atoms. The van der Waals surface area contributed by atoms with Crippen LogP contribution >= 0.6 is 0 Å². The fourth-order valence-electron chi connectivity index (χ4n) is 3.41. The predicted octanol–water partition coefficient (Wildman–Crippen LogP) is 3.25. The average Bonchev–Trinajstić information content (AvgIpc) is 3.06. The maximum atomic E-state index is 13.0. The van der Waals surface area contributed by atoms with E-state index in [4.69, 9.17) is 0 Å². The van der Waals surface area contributed by atoms with Crippen LogP contribution in [0.4, 0.5) is 5.69 Å². The van der Waals surface area contributed by atoms with E-state index < -0.39 is 0 Å². The number of amides is 2. The lowest BCUT2D eigenvalue weighted by Gasteiger charge is -2.28. The standard InChI is InChI=1S/C21H33N3O2/c1-5-22(6-2)14-15-23(16-17(3)4)21(26)18-9-11-19(12-10-18)24-13-7-8-20(24)25/h9-12,17H,5-8,13-16H2,1-4H3. The van der Waals surface area contributed by atoms with E-state index >= 15 is 0 Å². The van der Waals surface area contributed by atoms with Crippen molar-refractivity contribution in [1.29, 1.82) is 0 Å². The topological polar surface area (TPSA) is 43.9 Å². The molecule has 2 amide bonds. The maximum Gasteiger partial charge on any atom is 0.253 e. The summed E-state index contributed by atoms with van der Waals surface area (Å²) < 4.78 is 0. The van der Waals surface area contributed by atoms with Crippen molar-refractivity contribution in [3.8, 4) is 0 Å². The van der Waals surface area contributed by atoms with Gasteiger partial charge in [0.05, 0.1) is 0 Å². The van der Waals surface area contributed by atoms with Gasteiger partial charge in [0.25, 0.3) is 5.91 Å². The van der Waals surface area contributed by atoms with Crippen LogP contribution in [-0.2, 0) is 4.79 Å². The highest BCUT2D eigenvalue weighted by atomic mass is 16.2. The van der Waals surface area contributed by atoms with Crippen LogP contribution in [0.25, 0.3) is 0 Å². The van der Waals surface area contributed by atoms with E-state index in [1.54, 1.807) is 4.90 Å². The second kappa shape index (κ2) is 9.72. The number of hydrogen-bond donors (Lipinski definition) is 0. The molecular weight excluding hydrogens is 326 g/mol. The summed E-state index contributed by atoms with van der Waals surface area (Å²) >= 11 is 0. The van der Waals surface area contributed by atoms with Gasteiger partial charge in [-0.2, -0.15) is 0 Å². The Labute approximate surface area is 158 Å². The van der Waals surface area contributed by atoms with Gasteiger partial charge in [0, 0.05) is 43.9 Å². The number of hydrogen-bond acceptors (Lipinski definition) is 3. The maximum absolute atomic E-state index is 13.0. The first-order valence-electron chi connectivity index (χ1n) is 9.88. The van der Waals surface area contributed by atoms with E-state index in [-0.39, 0.29) is 11.8 Å². The smallest absolute Gasteiger partial charge is 0.253 e. The summed E-state index contributed by atoms with van der Waals surface area (Å²) in [6.07, 6.45) is 1.53. The zero-order chi connectivity index (χ0) is 19.1. The van der Waals surface area contributed by atoms with Crippen molar-refractivity contribution >= 4 is 17.5 Å². The highest BCUT2D eigenvalue weighted by Gasteiger charge is 2.22. The van der Waals surface area contributed by atoms with E-state index in [0.717, 1.165) is 51.4 Å². The van der Waals surface area contributed by atoms with Gasteiger partial charge in [-0.3, -0.25) is 9.59 Å². The molecule has 1 saturated heterocycles. The second-order valence-electron chi connectivity index (χ2n) is 7.37. The third-order valence-electron chi connectivity index (χ3n) is 4.95. The van der Waals surface area contributed by atoms with Crippen LogP contribution in [0.1, 0.15) is 50.9 Å². The normalized spacial score (nSPS) is 14.5. The Balaban J connectivity index is 2.07. The lowest BCUT2D eigenvalue weighted by molar-refractivity contribution is -0.117. The van der Waals surface area contributed by atoms with Crippen molar-refractivity contribution in [3.63, 3.8) is 0 Å². The molecule has 0 saturated carbocycles. The molecule has 0 aromatic heterocycles. The van der Waals surface area contributed by atoms with E-state index in [2.05, 4.69) is 32.6 Å². The summed E-state index contributed by atoms with van der Waals surface area (Å²) in [5.41, 5.74) is 1.59. The minimum Gasteiger partial charge on any atom is -0.337 e. The molecule has 0 radical (unpaired) electrons. The van der Waals surface area contributed by atoms with Gasteiger partial charge in [0.2, 0.25) is 5.91 Å². The fraction of sp³-hybridized carbons (Fsp3) is 0.619. The van der Waals surface area contributed by atoms with Crippen LogP contribution in [-0.4, -0.2) is 60.9 Å². The highest BCUT2D eigenvalue weighted by molar-refractivity contribution is 5.97. The summed E-state index contributed by atoms with van der Waals surface area (Å²) in [5.74, 6) is 0.673. The molecule has 5 nitrogen and oxygen atoms in total. The molecular formula is C21H33N3O2. The van der Waals surface area contributed by atoms with E-state index in [9.17, 15) is 9.59 Å².